The van der Waals surface area contributed by atoms with Crippen LogP contribution in [0.3, 0.4) is 0 Å². The summed E-state index contributed by atoms with van der Waals surface area (Å²) in [6.45, 7) is 5.17. The molecule has 0 saturated heterocycles. The Morgan fingerprint density at radius 2 is 2.09 bits per heavy atom. The third-order valence-corrected chi connectivity index (χ3v) is 3.76. The van der Waals surface area contributed by atoms with Gasteiger partial charge in [-0.1, -0.05) is 13.8 Å². The van der Waals surface area contributed by atoms with Crippen molar-refractivity contribution in [3.8, 4) is 0 Å². The number of fused-ring (bicyclic) bond motifs is 1. The monoisotopic (exact) mass is 313 g/mol. The highest BCUT2D eigenvalue weighted by atomic mass is 16.2. The second kappa shape index (κ2) is 5.91. The Morgan fingerprint density at radius 3 is 2.78 bits per heavy atom. The molecular formula is C16H19N5O2. The molecule has 3 heterocycles. The second-order valence-electron chi connectivity index (χ2n) is 6.20. The van der Waals surface area contributed by atoms with E-state index in [9.17, 15) is 9.59 Å². The van der Waals surface area contributed by atoms with E-state index in [1.54, 1.807) is 4.90 Å². The number of aryl methyl sites for hydroxylation is 1. The van der Waals surface area contributed by atoms with E-state index in [1.165, 1.54) is 19.2 Å². The predicted octanol–water partition coefficient (Wildman–Crippen LogP) is 0.925. The Hall–Kier alpha value is -2.57. The molecule has 0 aromatic carbocycles. The van der Waals surface area contributed by atoms with Crippen molar-refractivity contribution in [2.45, 2.75) is 33.4 Å². The van der Waals surface area contributed by atoms with Crippen molar-refractivity contribution >= 4 is 5.91 Å². The Labute approximate surface area is 134 Å². The standard InChI is InChI=1S/C16H19N5O2/c1-10(2)6-14-17-7-11-8-21(9-13(11)18-14)16(23)12-4-5-15(22)20(3)19-12/h4-5,7,10H,6,8-9H2,1-3H3. The minimum absolute atomic E-state index is 0.205. The molecule has 7 nitrogen and oxygen atoms in total. The molecule has 7 heteroatoms. The minimum Gasteiger partial charge on any atom is -0.327 e. The van der Waals surface area contributed by atoms with Gasteiger partial charge in [-0.05, 0) is 12.0 Å². The summed E-state index contributed by atoms with van der Waals surface area (Å²) >= 11 is 0. The van der Waals surface area contributed by atoms with E-state index in [4.69, 9.17) is 0 Å². The molecule has 0 aliphatic carbocycles. The summed E-state index contributed by atoms with van der Waals surface area (Å²) in [5, 5.41) is 4.01. The first-order valence-electron chi connectivity index (χ1n) is 7.61. The zero-order valence-electron chi connectivity index (χ0n) is 13.5. The Kier molecular flexibility index (Phi) is 3.94. The van der Waals surface area contributed by atoms with Gasteiger partial charge < -0.3 is 4.90 Å². The van der Waals surface area contributed by atoms with E-state index in [2.05, 4.69) is 28.9 Å². The summed E-state index contributed by atoms with van der Waals surface area (Å²) in [6, 6.07) is 2.81. The zero-order valence-corrected chi connectivity index (χ0v) is 13.5. The van der Waals surface area contributed by atoms with E-state index in [0.717, 1.165) is 28.2 Å². The van der Waals surface area contributed by atoms with Crippen LogP contribution < -0.4 is 5.56 Å². The van der Waals surface area contributed by atoms with Gasteiger partial charge in [-0.3, -0.25) is 9.59 Å². The zero-order chi connectivity index (χ0) is 16.6. The molecular weight excluding hydrogens is 294 g/mol. The third kappa shape index (κ3) is 3.13. The molecule has 1 aliphatic heterocycles. The molecule has 1 amide bonds. The second-order valence-corrected chi connectivity index (χ2v) is 6.20. The van der Waals surface area contributed by atoms with Crippen molar-refractivity contribution < 1.29 is 4.79 Å². The number of hydrogen-bond donors (Lipinski definition) is 0. The van der Waals surface area contributed by atoms with Crippen LogP contribution in [0.15, 0.2) is 23.1 Å². The highest BCUT2D eigenvalue weighted by Crippen LogP contribution is 2.22. The fourth-order valence-electron chi connectivity index (χ4n) is 2.58. The summed E-state index contributed by atoms with van der Waals surface area (Å²) < 4.78 is 1.16. The van der Waals surface area contributed by atoms with Gasteiger partial charge in [0.15, 0.2) is 0 Å². The largest absolute Gasteiger partial charge is 0.327 e. The van der Waals surface area contributed by atoms with Crippen LogP contribution in [-0.2, 0) is 26.6 Å². The van der Waals surface area contributed by atoms with Crippen LogP contribution in [0.4, 0.5) is 0 Å². The molecule has 0 saturated carbocycles. The van der Waals surface area contributed by atoms with Crippen molar-refractivity contribution in [3.63, 3.8) is 0 Å². The van der Waals surface area contributed by atoms with Crippen molar-refractivity contribution in [3.05, 3.63) is 51.5 Å². The Balaban J connectivity index is 1.79. The average Bonchev–Trinajstić information content (AvgIpc) is 2.92. The molecule has 120 valence electrons. The molecule has 2 aromatic rings. The van der Waals surface area contributed by atoms with Crippen LogP contribution >= 0.6 is 0 Å². The van der Waals surface area contributed by atoms with Crippen LogP contribution in [0.1, 0.15) is 41.4 Å². The minimum atomic E-state index is -0.240. The summed E-state index contributed by atoms with van der Waals surface area (Å²) in [7, 11) is 1.53. The van der Waals surface area contributed by atoms with Crippen LogP contribution in [0, 0.1) is 5.92 Å². The SMILES string of the molecule is CC(C)Cc1ncc2c(n1)CN(C(=O)c1ccc(=O)n(C)n1)C2. The summed E-state index contributed by atoms with van der Waals surface area (Å²) in [6.07, 6.45) is 2.63. The summed E-state index contributed by atoms with van der Waals surface area (Å²) in [5.41, 5.74) is 1.88. The van der Waals surface area contributed by atoms with E-state index in [0.29, 0.717) is 19.0 Å². The van der Waals surface area contributed by atoms with Crippen molar-refractivity contribution in [2.75, 3.05) is 0 Å². The molecule has 0 spiro atoms. The normalized spacial score (nSPS) is 13.5. The van der Waals surface area contributed by atoms with Crippen molar-refractivity contribution in [1.82, 2.24) is 24.6 Å². The fourth-order valence-corrected chi connectivity index (χ4v) is 2.58. The average molecular weight is 313 g/mol. The number of carbonyl (C=O) groups is 1. The maximum atomic E-state index is 12.5. The van der Waals surface area contributed by atoms with Gasteiger partial charge in [-0.25, -0.2) is 14.6 Å². The topological polar surface area (TPSA) is 81.0 Å². The molecule has 0 bridgehead atoms. The first-order chi connectivity index (χ1) is 10.9. The number of carbonyl (C=O) groups excluding carboxylic acids is 1. The molecule has 0 radical (unpaired) electrons. The van der Waals surface area contributed by atoms with Gasteiger partial charge in [-0.2, -0.15) is 5.10 Å². The lowest BCUT2D eigenvalue weighted by atomic mass is 10.1. The predicted molar refractivity (Wildman–Crippen MR) is 83.6 cm³/mol. The smallest absolute Gasteiger partial charge is 0.274 e. The van der Waals surface area contributed by atoms with Gasteiger partial charge in [0.2, 0.25) is 0 Å². The quantitative estimate of drug-likeness (QED) is 0.842. The van der Waals surface area contributed by atoms with Gasteiger partial charge in [-0.15, -0.1) is 0 Å². The van der Waals surface area contributed by atoms with Crippen molar-refractivity contribution in [1.29, 1.82) is 0 Å². The third-order valence-electron chi connectivity index (χ3n) is 3.76. The van der Waals surface area contributed by atoms with Crippen LogP contribution in [0.25, 0.3) is 0 Å². The van der Waals surface area contributed by atoms with E-state index in [-0.39, 0.29) is 17.2 Å². The molecule has 1 aliphatic rings. The number of hydrogen-bond acceptors (Lipinski definition) is 5. The molecule has 0 atom stereocenters. The Bertz CT molecular complexity index is 812. The molecule has 0 unspecified atom stereocenters. The van der Waals surface area contributed by atoms with E-state index >= 15 is 0 Å². The summed E-state index contributed by atoms with van der Waals surface area (Å²) in [5.74, 6) is 1.10. The lowest BCUT2D eigenvalue weighted by Crippen LogP contribution is -2.29. The van der Waals surface area contributed by atoms with Crippen LogP contribution in [0.5, 0.6) is 0 Å². The molecule has 2 aromatic heterocycles. The van der Waals surface area contributed by atoms with Gasteiger partial charge in [0.1, 0.15) is 11.5 Å². The highest BCUT2D eigenvalue weighted by Gasteiger charge is 2.27. The van der Waals surface area contributed by atoms with Gasteiger partial charge >= 0.3 is 0 Å². The maximum Gasteiger partial charge on any atom is 0.274 e. The molecule has 23 heavy (non-hydrogen) atoms. The lowest BCUT2D eigenvalue weighted by Gasteiger charge is -2.14. The van der Waals surface area contributed by atoms with E-state index in [1.807, 2.05) is 6.20 Å². The van der Waals surface area contributed by atoms with Gasteiger partial charge in [0, 0.05) is 37.8 Å². The summed E-state index contributed by atoms with van der Waals surface area (Å²) in [4.78, 5) is 34.5. The maximum absolute atomic E-state index is 12.5. The molecule has 0 fully saturated rings. The fraction of sp³-hybridized carbons (Fsp3) is 0.438. The highest BCUT2D eigenvalue weighted by molar-refractivity contribution is 5.92. The molecule has 0 N–H and O–H groups in total. The first kappa shape index (κ1) is 15.3. The van der Waals surface area contributed by atoms with Crippen LogP contribution in [0.2, 0.25) is 0 Å². The van der Waals surface area contributed by atoms with Crippen molar-refractivity contribution in [2.24, 2.45) is 13.0 Å². The van der Waals surface area contributed by atoms with Crippen LogP contribution in [-0.4, -0.2) is 30.6 Å². The molecule has 3 rings (SSSR count). The van der Waals surface area contributed by atoms with E-state index < -0.39 is 0 Å². The Morgan fingerprint density at radius 1 is 1.30 bits per heavy atom. The number of amides is 1. The lowest BCUT2D eigenvalue weighted by molar-refractivity contribution is 0.0741. The van der Waals surface area contributed by atoms with Gasteiger partial charge in [0.25, 0.3) is 11.5 Å². The first-order valence-corrected chi connectivity index (χ1v) is 7.61. The number of aromatic nitrogens is 4. The van der Waals surface area contributed by atoms with Gasteiger partial charge in [0.05, 0.1) is 12.2 Å². The number of nitrogens with zero attached hydrogens (tertiary/aromatic N) is 5. The number of rotatable bonds is 3.